The first-order valence-electron chi connectivity index (χ1n) is 6.98. The number of pyridine rings is 1. The summed E-state index contributed by atoms with van der Waals surface area (Å²) in [6.07, 6.45) is 6.80. The highest BCUT2D eigenvalue weighted by Gasteiger charge is 2.24. The Morgan fingerprint density at radius 2 is 1.72 bits per heavy atom. The molecule has 1 aliphatic carbocycles. The molecule has 3 heteroatoms. The lowest BCUT2D eigenvalue weighted by atomic mass is 9.89. The third-order valence-corrected chi connectivity index (χ3v) is 3.38. The van der Waals surface area contributed by atoms with E-state index in [1.165, 1.54) is 25.7 Å². The Hall–Kier alpha value is -1.09. The average molecular weight is 247 g/mol. The van der Waals surface area contributed by atoms with Crippen LogP contribution in [0.5, 0.6) is 0 Å². The van der Waals surface area contributed by atoms with Crippen LogP contribution in [0, 0.1) is 0 Å². The summed E-state index contributed by atoms with van der Waals surface area (Å²) in [5, 5.41) is 7.22. The average Bonchev–Trinajstić information content (AvgIpc) is 2.31. The minimum absolute atomic E-state index is 0.228. The van der Waals surface area contributed by atoms with E-state index in [9.17, 15) is 0 Å². The SMILES string of the molecule is CC(C)(C)N[C@H]1CC[C@H](Nc2ccccn2)CC1. The minimum atomic E-state index is 0.228. The van der Waals surface area contributed by atoms with Gasteiger partial charge >= 0.3 is 0 Å². The molecule has 1 aromatic rings. The molecule has 0 saturated heterocycles. The van der Waals surface area contributed by atoms with Gasteiger partial charge in [-0.1, -0.05) is 6.07 Å². The molecule has 0 radical (unpaired) electrons. The first-order valence-corrected chi connectivity index (χ1v) is 6.98. The lowest BCUT2D eigenvalue weighted by Crippen LogP contribution is -2.46. The molecule has 100 valence electrons. The van der Waals surface area contributed by atoms with Crippen LogP contribution in [-0.4, -0.2) is 22.6 Å². The van der Waals surface area contributed by atoms with Crippen molar-refractivity contribution in [3.8, 4) is 0 Å². The van der Waals surface area contributed by atoms with Crippen LogP contribution in [0.15, 0.2) is 24.4 Å². The van der Waals surface area contributed by atoms with Gasteiger partial charge < -0.3 is 10.6 Å². The highest BCUT2D eigenvalue weighted by Crippen LogP contribution is 2.22. The summed E-state index contributed by atoms with van der Waals surface area (Å²) in [5.74, 6) is 1.00. The Kier molecular flexibility index (Phi) is 4.23. The molecule has 1 aliphatic rings. The predicted molar refractivity (Wildman–Crippen MR) is 76.8 cm³/mol. The molecule has 0 aliphatic heterocycles. The topological polar surface area (TPSA) is 37.0 Å². The van der Waals surface area contributed by atoms with Crippen LogP contribution in [0.1, 0.15) is 46.5 Å². The highest BCUT2D eigenvalue weighted by atomic mass is 15.0. The van der Waals surface area contributed by atoms with Crippen molar-refractivity contribution in [2.45, 2.75) is 64.1 Å². The van der Waals surface area contributed by atoms with Crippen molar-refractivity contribution in [3.63, 3.8) is 0 Å². The summed E-state index contributed by atoms with van der Waals surface area (Å²) in [4.78, 5) is 4.32. The van der Waals surface area contributed by atoms with E-state index in [4.69, 9.17) is 0 Å². The van der Waals surface area contributed by atoms with E-state index in [0.29, 0.717) is 12.1 Å². The predicted octanol–water partition coefficient (Wildman–Crippen LogP) is 3.19. The minimum Gasteiger partial charge on any atom is -0.367 e. The second kappa shape index (κ2) is 5.70. The number of nitrogens with zero attached hydrogens (tertiary/aromatic N) is 1. The monoisotopic (exact) mass is 247 g/mol. The van der Waals surface area contributed by atoms with Gasteiger partial charge in [-0.25, -0.2) is 4.98 Å². The molecule has 3 nitrogen and oxygen atoms in total. The molecular weight excluding hydrogens is 222 g/mol. The summed E-state index contributed by atoms with van der Waals surface area (Å²) in [7, 11) is 0. The van der Waals surface area contributed by atoms with Gasteiger partial charge in [0.25, 0.3) is 0 Å². The van der Waals surface area contributed by atoms with Crippen LogP contribution in [0.3, 0.4) is 0 Å². The molecule has 1 heterocycles. The highest BCUT2D eigenvalue weighted by molar-refractivity contribution is 5.34. The van der Waals surface area contributed by atoms with Gasteiger partial charge in [-0.15, -0.1) is 0 Å². The second-order valence-electron chi connectivity index (χ2n) is 6.30. The molecule has 18 heavy (non-hydrogen) atoms. The lowest BCUT2D eigenvalue weighted by molar-refractivity contribution is 0.286. The number of hydrogen-bond acceptors (Lipinski definition) is 3. The van der Waals surface area contributed by atoms with Gasteiger partial charge in [0.05, 0.1) is 0 Å². The zero-order valence-corrected chi connectivity index (χ0v) is 11.7. The van der Waals surface area contributed by atoms with Crippen molar-refractivity contribution in [1.82, 2.24) is 10.3 Å². The maximum absolute atomic E-state index is 4.32. The van der Waals surface area contributed by atoms with Gasteiger partial charge in [0, 0.05) is 23.8 Å². The van der Waals surface area contributed by atoms with Crippen molar-refractivity contribution in [2.75, 3.05) is 5.32 Å². The summed E-state index contributed by atoms with van der Waals surface area (Å²) < 4.78 is 0. The number of rotatable bonds is 3. The van der Waals surface area contributed by atoms with Gasteiger partial charge in [0.1, 0.15) is 5.82 Å². The molecule has 0 unspecified atom stereocenters. The molecular formula is C15H25N3. The van der Waals surface area contributed by atoms with Crippen LogP contribution < -0.4 is 10.6 Å². The van der Waals surface area contributed by atoms with Gasteiger partial charge in [-0.2, -0.15) is 0 Å². The Morgan fingerprint density at radius 3 is 2.28 bits per heavy atom. The van der Waals surface area contributed by atoms with E-state index < -0.39 is 0 Å². The van der Waals surface area contributed by atoms with Crippen LogP contribution in [0.2, 0.25) is 0 Å². The van der Waals surface area contributed by atoms with Crippen molar-refractivity contribution >= 4 is 5.82 Å². The number of anilines is 1. The second-order valence-corrected chi connectivity index (χ2v) is 6.30. The van der Waals surface area contributed by atoms with E-state index in [0.717, 1.165) is 5.82 Å². The normalized spacial score (nSPS) is 24.8. The summed E-state index contributed by atoms with van der Waals surface area (Å²) >= 11 is 0. The fourth-order valence-electron chi connectivity index (χ4n) is 2.65. The van der Waals surface area contributed by atoms with Crippen molar-refractivity contribution in [3.05, 3.63) is 24.4 Å². The third-order valence-electron chi connectivity index (χ3n) is 3.38. The molecule has 0 bridgehead atoms. The van der Waals surface area contributed by atoms with Gasteiger partial charge in [-0.3, -0.25) is 0 Å². The molecule has 2 N–H and O–H groups in total. The van der Waals surface area contributed by atoms with Crippen LogP contribution >= 0.6 is 0 Å². The van der Waals surface area contributed by atoms with E-state index >= 15 is 0 Å². The van der Waals surface area contributed by atoms with E-state index in [2.05, 4.69) is 36.4 Å². The maximum Gasteiger partial charge on any atom is 0.126 e. The van der Waals surface area contributed by atoms with E-state index in [-0.39, 0.29) is 5.54 Å². The number of aromatic nitrogens is 1. The first kappa shape index (κ1) is 13.3. The molecule has 1 saturated carbocycles. The zero-order chi connectivity index (χ0) is 13.0. The maximum atomic E-state index is 4.32. The molecule has 1 aromatic heterocycles. The largest absolute Gasteiger partial charge is 0.367 e. The first-order chi connectivity index (χ1) is 8.53. The molecule has 0 amide bonds. The van der Waals surface area contributed by atoms with Gasteiger partial charge in [0.2, 0.25) is 0 Å². The van der Waals surface area contributed by atoms with Crippen LogP contribution in [0.25, 0.3) is 0 Å². The number of hydrogen-bond donors (Lipinski definition) is 2. The van der Waals surface area contributed by atoms with Crippen molar-refractivity contribution < 1.29 is 0 Å². The smallest absolute Gasteiger partial charge is 0.126 e. The fraction of sp³-hybridized carbons (Fsp3) is 0.667. The molecule has 0 aromatic carbocycles. The Balaban J connectivity index is 1.77. The lowest BCUT2D eigenvalue weighted by Gasteiger charge is -2.34. The van der Waals surface area contributed by atoms with E-state index in [1.807, 2.05) is 24.4 Å². The fourth-order valence-corrected chi connectivity index (χ4v) is 2.65. The standard InChI is InChI=1S/C15H25N3/c1-15(2,3)18-13-9-7-12(8-10-13)17-14-6-4-5-11-16-14/h4-6,11-13,18H,7-10H2,1-3H3,(H,16,17)/t12-,13-. The van der Waals surface area contributed by atoms with Crippen molar-refractivity contribution in [2.24, 2.45) is 0 Å². The van der Waals surface area contributed by atoms with Gasteiger partial charge in [-0.05, 0) is 58.6 Å². The summed E-state index contributed by atoms with van der Waals surface area (Å²) in [6, 6.07) is 7.28. The summed E-state index contributed by atoms with van der Waals surface area (Å²) in [6.45, 7) is 6.72. The number of nitrogens with one attached hydrogen (secondary N) is 2. The molecule has 0 spiro atoms. The van der Waals surface area contributed by atoms with Gasteiger partial charge in [0.15, 0.2) is 0 Å². The quantitative estimate of drug-likeness (QED) is 0.861. The molecule has 2 rings (SSSR count). The summed E-state index contributed by atoms with van der Waals surface area (Å²) in [5.41, 5.74) is 0.228. The van der Waals surface area contributed by atoms with Crippen LogP contribution in [-0.2, 0) is 0 Å². The molecule has 0 atom stereocenters. The Labute approximate surface area is 110 Å². The zero-order valence-electron chi connectivity index (χ0n) is 11.7. The van der Waals surface area contributed by atoms with Crippen molar-refractivity contribution in [1.29, 1.82) is 0 Å². The third kappa shape index (κ3) is 4.30. The van der Waals surface area contributed by atoms with E-state index in [1.54, 1.807) is 0 Å². The molecule has 1 fully saturated rings. The Bertz CT molecular complexity index is 348. The van der Waals surface area contributed by atoms with Crippen LogP contribution in [0.4, 0.5) is 5.82 Å². The Morgan fingerprint density at radius 1 is 1.06 bits per heavy atom.